The van der Waals surface area contributed by atoms with Crippen LogP contribution in [0.2, 0.25) is 0 Å². The van der Waals surface area contributed by atoms with Gasteiger partial charge in [0.05, 0.1) is 5.39 Å². The summed E-state index contributed by atoms with van der Waals surface area (Å²) < 4.78 is 0. The second-order valence-electron chi connectivity index (χ2n) is 5.04. The number of anilines is 2. The molecule has 0 aliphatic heterocycles. The second kappa shape index (κ2) is 6.75. The van der Waals surface area contributed by atoms with Crippen molar-refractivity contribution in [1.29, 1.82) is 0 Å². The number of carbonyl (C=O) groups excluding carboxylic acids is 1. The first kappa shape index (κ1) is 15.4. The predicted molar refractivity (Wildman–Crippen MR) is 94.4 cm³/mol. The maximum absolute atomic E-state index is 12.5. The number of rotatable bonds is 5. The molecule has 0 aliphatic carbocycles. The van der Waals surface area contributed by atoms with Crippen LogP contribution in [0, 0.1) is 0 Å². The van der Waals surface area contributed by atoms with E-state index in [4.69, 9.17) is 0 Å². The zero-order chi connectivity index (χ0) is 16.2. The van der Waals surface area contributed by atoms with Crippen LogP contribution in [0.15, 0.2) is 42.0 Å². The maximum Gasteiger partial charge on any atom is 0.253 e. The van der Waals surface area contributed by atoms with Crippen LogP contribution in [0.4, 0.5) is 11.5 Å². The molecular weight excluding hydrogens is 308 g/mol. The van der Waals surface area contributed by atoms with Crippen LogP contribution in [0.1, 0.15) is 24.2 Å². The van der Waals surface area contributed by atoms with Gasteiger partial charge in [-0.3, -0.25) is 4.79 Å². The highest BCUT2D eigenvalue weighted by atomic mass is 32.1. The summed E-state index contributed by atoms with van der Waals surface area (Å²) in [4.78, 5) is 23.8. The highest BCUT2D eigenvalue weighted by molar-refractivity contribution is 7.16. The van der Waals surface area contributed by atoms with Gasteiger partial charge in [0.25, 0.3) is 5.91 Å². The normalized spacial score (nSPS) is 10.7. The van der Waals surface area contributed by atoms with E-state index < -0.39 is 0 Å². The standard InChI is InChI=1S/C17H18N4OS/c1-3-21(4-2)17(22)12-6-5-7-13(10-12)20-15-14-8-9-23-16(14)19-11-18-15/h5-11H,3-4H2,1-2H3,(H,18,19,20). The molecule has 23 heavy (non-hydrogen) atoms. The van der Waals surface area contributed by atoms with E-state index in [-0.39, 0.29) is 5.91 Å². The van der Waals surface area contributed by atoms with Crippen LogP contribution in [0.3, 0.4) is 0 Å². The van der Waals surface area contributed by atoms with E-state index in [2.05, 4.69) is 15.3 Å². The molecular formula is C17H18N4OS. The molecule has 118 valence electrons. The first-order chi connectivity index (χ1) is 11.2. The zero-order valence-corrected chi connectivity index (χ0v) is 13.9. The lowest BCUT2D eigenvalue weighted by Crippen LogP contribution is -2.30. The number of hydrogen-bond donors (Lipinski definition) is 1. The highest BCUT2D eigenvalue weighted by Gasteiger charge is 2.13. The van der Waals surface area contributed by atoms with Crippen LogP contribution >= 0.6 is 11.3 Å². The van der Waals surface area contributed by atoms with Crippen molar-refractivity contribution in [2.45, 2.75) is 13.8 Å². The molecule has 0 radical (unpaired) electrons. The number of fused-ring (bicyclic) bond motifs is 1. The third kappa shape index (κ3) is 3.17. The van der Waals surface area contributed by atoms with Crippen molar-refractivity contribution in [3.05, 3.63) is 47.6 Å². The van der Waals surface area contributed by atoms with E-state index >= 15 is 0 Å². The molecule has 0 spiro atoms. The van der Waals surface area contributed by atoms with Crippen molar-refractivity contribution >= 4 is 39.0 Å². The lowest BCUT2D eigenvalue weighted by Gasteiger charge is -2.19. The summed E-state index contributed by atoms with van der Waals surface area (Å²) in [6.45, 7) is 5.37. The molecule has 3 aromatic rings. The van der Waals surface area contributed by atoms with Crippen molar-refractivity contribution < 1.29 is 4.79 Å². The molecule has 1 N–H and O–H groups in total. The van der Waals surface area contributed by atoms with Crippen LogP contribution < -0.4 is 5.32 Å². The molecule has 0 unspecified atom stereocenters. The summed E-state index contributed by atoms with van der Waals surface area (Å²) in [5, 5.41) is 6.26. The fourth-order valence-corrected chi connectivity index (χ4v) is 3.18. The smallest absolute Gasteiger partial charge is 0.253 e. The second-order valence-corrected chi connectivity index (χ2v) is 5.94. The largest absolute Gasteiger partial charge is 0.340 e. The van der Waals surface area contributed by atoms with Gasteiger partial charge in [-0.15, -0.1) is 11.3 Å². The fraction of sp³-hybridized carbons (Fsp3) is 0.235. The maximum atomic E-state index is 12.5. The number of carbonyl (C=O) groups is 1. The molecule has 0 bridgehead atoms. The SMILES string of the molecule is CCN(CC)C(=O)c1cccc(Nc2ncnc3sccc23)c1. The lowest BCUT2D eigenvalue weighted by atomic mass is 10.1. The number of aromatic nitrogens is 2. The third-order valence-corrected chi connectivity index (χ3v) is 4.51. The Morgan fingerprint density at radius 2 is 2.04 bits per heavy atom. The van der Waals surface area contributed by atoms with E-state index in [9.17, 15) is 4.79 Å². The van der Waals surface area contributed by atoms with Gasteiger partial charge < -0.3 is 10.2 Å². The van der Waals surface area contributed by atoms with E-state index in [1.54, 1.807) is 22.6 Å². The summed E-state index contributed by atoms with van der Waals surface area (Å²) in [5.41, 5.74) is 1.52. The van der Waals surface area contributed by atoms with Gasteiger partial charge in [0.2, 0.25) is 0 Å². The molecule has 6 heteroatoms. The zero-order valence-electron chi connectivity index (χ0n) is 13.1. The molecule has 1 amide bonds. The summed E-state index contributed by atoms with van der Waals surface area (Å²) in [7, 11) is 0. The van der Waals surface area contributed by atoms with E-state index in [0.717, 1.165) is 21.7 Å². The molecule has 5 nitrogen and oxygen atoms in total. The topological polar surface area (TPSA) is 58.1 Å². The highest BCUT2D eigenvalue weighted by Crippen LogP contribution is 2.26. The Bertz CT molecular complexity index is 826. The fourth-order valence-electron chi connectivity index (χ4n) is 2.45. The number of nitrogens with one attached hydrogen (secondary N) is 1. The van der Waals surface area contributed by atoms with Crippen molar-refractivity contribution in [3.8, 4) is 0 Å². The Morgan fingerprint density at radius 3 is 2.83 bits per heavy atom. The monoisotopic (exact) mass is 326 g/mol. The first-order valence-corrected chi connectivity index (χ1v) is 8.45. The van der Waals surface area contributed by atoms with Gasteiger partial charge in [0, 0.05) is 24.3 Å². The van der Waals surface area contributed by atoms with Crippen LogP contribution in [-0.2, 0) is 0 Å². The lowest BCUT2D eigenvalue weighted by molar-refractivity contribution is 0.0773. The molecule has 0 saturated heterocycles. The molecule has 0 aliphatic rings. The van der Waals surface area contributed by atoms with Gasteiger partial charge in [-0.1, -0.05) is 6.07 Å². The van der Waals surface area contributed by atoms with Crippen molar-refractivity contribution in [2.75, 3.05) is 18.4 Å². The van der Waals surface area contributed by atoms with E-state index in [1.807, 2.05) is 49.6 Å². The van der Waals surface area contributed by atoms with Gasteiger partial charge in [0.15, 0.2) is 0 Å². The van der Waals surface area contributed by atoms with Crippen molar-refractivity contribution in [1.82, 2.24) is 14.9 Å². The van der Waals surface area contributed by atoms with E-state index in [1.165, 1.54) is 0 Å². The van der Waals surface area contributed by atoms with Gasteiger partial charge in [-0.2, -0.15) is 0 Å². The van der Waals surface area contributed by atoms with Gasteiger partial charge >= 0.3 is 0 Å². The third-order valence-electron chi connectivity index (χ3n) is 3.68. The van der Waals surface area contributed by atoms with Crippen LogP contribution in [0.25, 0.3) is 10.2 Å². The Balaban J connectivity index is 1.88. The number of benzene rings is 1. The average Bonchev–Trinajstić information content (AvgIpc) is 3.06. The Morgan fingerprint density at radius 1 is 1.22 bits per heavy atom. The van der Waals surface area contributed by atoms with E-state index in [0.29, 0.717) is 18.7 Å². The number of nitrogens with zero attached hydrogens (tertiary/aromatic N) is 3. The minimum Gasteiger partial charge on any atom is -0.340 e. The quantitative estimate of drug-likeness (QED) is 0.772. The first-order valence-electron chi connectivity index (χ1n) is 7.57. The van der Waals surface area contributed by atoms with Crippen molar-refractivity contribution in [2.24, 2.45) is 0 Å². The van der Waals surface area contributed by atoms with Crippen LogP contribution in [-0.4, -0.2) is 33.9 Å². The molecule has 0 atom stereocenters. The average molecular weight is 326 g/mol. The molecule has 3 rings (SSSR count). The summed E-state index contributed by atoms with van der Waals surface area (Å²) in [5.74, 6) is 0.797. The Kier molecular flexibility index (Phi) is 4.52. The van der Waals surface area contributed by atoms with Gasteiger partial charge in [0.1, 0.15) is 17.0 Å². The summed E-state index contributed by atoms with van der Waals surface area (Å²) in [6, 6.07) is 9.50. The molecule has 0 fully saturated rings. The molecule has 0 saturated carbocycles. The predicted octanol–water partition coefficient (Wildman–Crippen LogP) is 3.92. The van der Waals surface area contributed by atoms with Crippen molar-refractivity contribution in [3.63, 3.8) is 0 Å². The summed E-state index contributed by atoms with van der Waals surface area (Å²) in [6.07, 6.45) is 1.55. The molecule has 2 heterocycles. The van der Waals surface area contributed by atoms with Gasteiger partial charge in [-0.05, 0) is 43.5 Å². The Labute approximate surface area is 139 Å². The number of amides is 1. The molecule has 2 aromatic heterocycles. The Hall–Kier alpha value is -2.47. The van der Waals surface area contributed by atoms with Gasteiger partial charge in [-0.25, -0.2) is 9.97 Å². The molecule has 1 aromatic carbocycles. The van der Waals surface area contributed by atoms with Crippen LogP contribution in [0.5, 0.6) is 0 Å². The number of hydrogen-bond acceptors (Lipinski definition) is 5. The minimum absolute atomic E-state index is 0.0435. The minimum atomic E-state index is 0.0435. The summed E-state index contributed by atoms with van der Waals surface area (Å²) >= 11 is 1.58. The number of thiophene rings is 1.